The second kappa shape index (κ2) is 6.03. The van der Waals surface area contributed by atoms with Crippen LogP contribution in [-0.4, -0.2) is 60.2 Å². The van der Waals surface area contributed by atoms with Crippen molar-refractivity contribution in [3.8, 4) is 17.5 Å². The number of hydrogen-bond acceptors (Lipinski definition) is 6. The van der Waals surface area contributed by atoms with Gasteiger partial charge in [0.05, 0.1) is 12.8 Å². The molecule has 0 spiro atoms. The Bertz CT molecular complexity index is 696. The molecule has 0 atom stereocenters. The van der Waals surface area contributed by atoms with Gasteiger partial charge < -0.3 is 14.5 Å². The molecule has 1 aromatic heterocycles. The molecule has 0 amide bonds. The molecule has 7 nitrogen and oxygen atoms in total. The largest absolute Gasteiger partial charge is 0.497 e. The van der Waals surface area contributed by atoms with Crippen molar-refractivity contribution in [2.75, 3.05) is 45.2 Å². The summed E-state index contributed by atoms with van der Waals surface area (Å²) in [5, 5.41) is 18.1. The minimum Gasteiger partial charge on any atom is -0.497 e. The molecule has 22 heavy (non-hydrogen) atoms. The Hall–Kier alpha value is -2.59. The van der Waals surface area contributed by atoms with Crippen molar-refractivity contribution in [3.63, 3.8) is 0 Å². The van der Waals surface area contributed by atoms with Crippen molar-refractivity contribution in [2.24, 2.45) is 0 Å². The molecule has 0 bridgehead atoms. The third-order valence-electron chi connectivity index (χ3n) is 3.79. The highest BCUT2D eigenvalue weighted by molar-refractivity contribution is 5.51. The molecule has 0 N–H and O–H groups in total. The lowest BCUT2D eigenvalue weighted by molar-refractivity contribution is 0.312. The summed E-state index contributed by atoms with van der Waals surface area (Å²) in [4.78, 5) is 5.87. The second-order valence-electron chi connectivity index (χ2n) is 5.27. The van der Waals surface area contributed by atoms with Crippen LogP contribution in [-0.2, 0) is 0 Å². The van der Waals surface area contributed by atoms with Crippen LogP contribution in [0.4, 0.5) is 5.82 Å². The number of likely N-dealkylation sites (N-methyl/N-ethyl adjacent to an activating group) is 1. The summed E-state index contributed by atoms with van der Waals surface area (Å²) in [5.41, 5.74) is 1.13. The molecule has 1 saturated heterocycles. The molecule has 0 aliphatic carbocycles. The first kappa shape index (κ1) is 14.4. The van der Waals surface area contributed by atoms with E-state index in [1.807, 2.05) is 24.3 Å². The zero-order valence-electron chi connectivity index (χ0n) is 12.7. The Kier molecular flexibility index (Phi) is 3.94. The van der Waals surface area contributed by atoms with Gasteiger partial charge in [-0.15, -0.1) is 15.0 Å². The third kappa shape index (κ3) is 2.73. The average Bonchev–Trinajstić information content (AvgIpc) is 3.00. The number of hydrogen-bond donors (Lipinski definition) is 0. The molecular formula is C15H18N6O. The molecule has 1 aliphatic heterocycles. The van der Waals surface area contributed by atoms with Crippen LogP contribution >= 0.6 is 0 Å². The van der Waals surface area contributed by atoms with Crippen LogP contribution in [0.2, 0.25) is 0 Å². The maximum Gasteiger partial charge on any atom is 0.207 e. The Balaban J connectivity index is 1.93. The molecule has 1 fully saturated rings. The van der Waals surface area contributed by atoms with Gasteiger partial charge in [-0.3, -0.25) is 0 Å². The van der Waals surface area contributed by atoms with E-state index in [0.29, 0.717) is 11.5 Å². The molecule has 2 aromatic rings. The van der Waals surface area contributed by atoms with Gasteiger partial charge in [-0.25, -0.2) is 0 Å². The van der Waals surface area contributed by atoms with E-state index in [-0.39, 0.29) is 0 Å². The van der Waals surface area contributed by atoms with E-state index < -0.39 is 0 Å². The first-order valence-electron chi connectivity index (χ1n) is 7.16. The summed E-state index contributed by atoms with van der Waals surface area (Å²) >= 11 is 0. The van der Waals surface area contributed by atoms with E-state index in [4.69, 9.17) is 4.74 Å². The highest BCUT2D eigenvalue weighted by Crippen LogP contribution is 2.20. The van der Waals surface area contributed by atoms with Crippen molar-refractivity contribution in [1.82, 2.24) is 19.9 Å². The van der Waals surface area contributed by atoms with Gasteiger partial charge >= 0.3 is 0 Å². The van der Waals surface area contributed by atoms with Gasteiger partial charge in [-0.1, -0.05) is 6.07 Å². The molecule has 114 valence electrons. The lowest BCUT2D eigenvalue weighted by Gasteiger charge is -2.32. The van der Waals surface area contributed by atoms with Gasteiger partial charge in [0.1, 0.15) is 11.8 Å². The SMILES string of the molecule is COc1cccc(-n2nc(C#N)c(N3CCN(C)CC3)n2)c1. The van der Waals surface area contributed by atoms with Crippen LogP contribution in [0.3, 0.4) is 0 Å². The maximum absolute atomic E-state index is 9.33. The fourth-order valence-corrected chi connectivity index (χ4v) is 2.45. The zero-order valence-corrected chi connectivity index (χ0v) is 12.7. The molecule has 7 heteroatoms. The molecule has 0 saturated carbocycles. The van der Waals surface area contributed by atoms with Crippen molar-refractivity contribution in [2.45, 2.75) is 0 Å². The minimum atomic E-state index is 0.354. The number of piperazine rings is 1. The topological polar surface area (TPSA) is 70.2 Å². The molecule has 0 unspecified atom stereocenters. The number of methoxy groups -OCH3 is 1. The second-order valence-corrected chi connectivity index (χ2v) is 5.27. The van der Waals surface area contributed by atoms with Crippen LogP contribution in [0.15, 0.2) is 24.3 Å². The number of ether oxygens (including phenoxy) is 1. The van der Waals surface area contributed by atoms with Gasteiger partial charge in [-0.2, -0.15) is 5.26 Å². The summed E-state index contributed by atoms with van der Waals surface area (Å²) in [6.07, 6.45) is 0. The van der Waals surface area contributed by atoms with Crippen molar-refractivity contribution in [3.05, 3.63) is 30.0 Å². The highest BCUT2D eigenvalue weighted by Gasteiger charge is 2.22. The van der Waals surface area contributed by atoms with Crippen LogP contribution in [0.5, 0.6) is 5.75 Å². The molecule has 1 aromatic carbocycles. The van der Waals surface area contributed by atoms with Gasteiger partial charge in [-0.05, 0) is 19.2 Å². The molecule has 1 aliphatic rings. The first-order valence-corrected chi connectivity index (χ1v) is 7.16. The van der Waals surface area contributed by atoms with E-state index in [0.717, 1.165) is 37.6 Å². The van der Waals surface area contributed by atoms with Gasteiger partial charge in [0, 0.05) is 32.2 Å². The van der Waals surface area contributed by atoms with E-state index in [9.17, 15) is 5.26 Å². The number of benzene rings is 1. The summed E-state index contributed by atoms with van der Waals surface area (Å²) in [5.74, 6) is 1.38. The molecular weight excluding hydrogens is 280 g/mol. The predicted octanol–water partition coefficient (Wildman–Crippen LogP) is 0.899. The zero-order chi connectivity index (χ0) is 15.5. The van der Waals surface area contributed by atoms with Crippen LogP contribution in [0.25, 0.3) is 5.69 Å². The molecule has 2 heterocycles. The third-order valence-corrected chi connectivity index (χ3v) is 3.79. The Morgan fingerprint density at radius 2 is 1.95 bits per heavy atom. The fraction of sp³-hybridized carbons (Fsp3) is 0.400. The Morgan fingerprint density at radius 3 is 2.64 bits per heavy atom. The molecule has 3 rings (SSSR count). The van der Waals surface area contributed by atoms with Crippen LogP contribution < -0.4 is 9.64 Å². The average molecular weight is 298 g/mol. The fourth-order valence-electron chi connectivity index (χ4n) is 2.45. The standard InChI is InChI=1S/C15H18N6O/c1-19-6-8-20(9-7-19)15-14(11-16)17-21(18-15)12-4-3-5-13(10-12)22-2/h3-5,10H,6-9H2,1-2H3. The lowest BCUT2D eigenvalue weighted by atomic mass is 10.3. The van der Waals surface area contributed by atoms with Crippen LogP contribution in [0.1, 0.15) is 5.69 Å². The monoisotopic (exact) mass is 298 g/mol. The van der Waals surface area contributed by atoms with Gasteiger partial charge in [0.15, 0.2) is 5.82 Å². The first-order chi connectivity index (χ1) is 10.7. The number of anilines is 1. The summed E-state index contributed by atoms with van der Waals surface area (Å²) in [7, 11) is 3.71. The lowest BCUT2D eigenvalue weighted by Crippen LogP contribution is -2.45. The number of nitriles is 1. The summed E-state index contributed by atoms with van der Waals surface area (Å²) < 4.78 is 5.22. The highest BCUT2D eigenvalue weighted by atomic mass is 16.5. The van der Waals surface area contributed by atoms with Crippen LogP contribution in [0, 0.1) is 11.3 Å². The number of rotatable bonds is 3. The smallest absolute Gasteiger partial charge is 0.207 e. The molecule has 0 radical (unpaired) electrons. The number of nitrogens with zero attached hydrogens (tertiary/aromatic N) is 6. The van der Waals surface area contributed by atoms with Crippen molar-refractivity contribution in [1.29, 1.82) is 5.26 Å². The minimum absolute atomic E-state index is 0.354. The van der Waals surface area contributed by atoms with E-state index in [1.54, 1.807) is 7.11 Å². The predicted molar refractivity (Wildman–Crippen MR) is 82.3 cm³/mol. The van der Waals surface area contributed by atoms with E-state index in [2.05, 4.69) is 33.1 Å². The van der Waals surface area contributed by atoms with Crippen molar-refractivity contribution >= 4 is 5.82 Å². The normalized spacial score (nSPS) is 15.6. The van der Waals surface area contributed by atoms with Gasteiger partial charge in [0.2, 0.25) is 5.69 Å². The van der Waals surface area contributed by atoms with Crippen molar-refractivity contribution < 1.29 is 4.74 Å². The van der Waals surface area contributed by atoms with E-state index >= 15 is 0 Å². The number of aromatic nitrogens is 3. The summed E-state index contributed by atoms with van der Waals surface area (Å²) in [6, 6.07) is 9.61. The maximum atomic E-state index is 9.33. The summed E-state index contributed by atoms with van der Waals surface area (Å²) in [6.45, 7) is 3.61. The quantitative estimate of drug-likeness (QED) is 0.838. The van der Waals surface area contributed by atoms with Gasteiger partial charge in [0.25, 0.3) is 0 Å². The van der Waals surface area contributed by atoms with E-state index in [1.165, 1.54) is 4.80 Å². The Morgan fingerprint density at radius 1 is 1.18 bits per heavy atom. The Labute approximate surface area is 129 Å².